The first kappa shape index (κ1) is 13.3. The molecule has 0 aliphatic heterocycles. The lowest BCUT2D eigenvalue weighted by Crippen LogP contribution is -2.13. The molecular formula is C14H8F4O. The fraction of sp³-hybridized carbons (Fsp3) is 0.0714. The van der Waals surface area contributed by atoms with Gasteiger partial charge < -0.3 is 0 Å². The van der Waals surface area contributed by atoms with Gasteiger partial charge in [-0.15, -0.1) is 0 Å². The van der Waals surface area contributed by atoms with Crippen molar-refractivity contribution in [1.29, 1.82) is 0 Å². The molecule has 0 atom stereocenters. The maximum absolute atomic E-state index is 13.8. The van der Waals surface area contributed by atoms with E-state index in [1.807, 2.05) is 0 Å². The van der Waals surface area contributed by atoms with Crippen LogP contribution < -0.4 is 0 Å². The summed E-state index contributed by atoms with van der Waals surface area (Å²) in [6, 6.07) is 7.27. The van der Waals surface area contributed by atoms with Crippen molar-refractivity contribution in [2.75, 3.05) is 0 Å². The maximum Gasteiger partial charge on any atom is 0.199 e. The quantitative estimate of drug-likeness (QED) is 0.350. The molecule has 0 aliphatic rings. The second-order valence-electron chi connectivity index (χ2n) is 3.95. The molecule has 0 aliphatic carbocycles. The summed E-state index contributed by atoms with van der Waals surface area (Å²) in [4.78, 5) is 11.9. The van der Waals surface area contributed by atoms with Gasteiger partial charge in [-0.25, -0.2) is 17.6 Å². The molecule has 0 saturated heterocycles. The first-order valence-corrected chi connectivity index (χ1v) is 5.37. The normalized spacial score (nSPS) is 10.6. The topological polar surface area (TPSA) is 17.1 Å². The van der Waals surface area contributed by atoms with E-state index in [4.69, 9.17) is 0 Å². The fourth-order valence-corrected chi connectivity index (χ4v) is 1.68. The lowest BCUT2D eigenvalue weighted by Gasteiger charge is -2.09. The molecule has 0 unspecified atom stereocenters. The number of carbonyl (C=O) groups is 1. The van der Waals surface area contributed by atoms with Gasteiger partial charge in [-0.1, -0.05) is 30.3 Å². The Morgan fingerprint density at radius 2 is 1.42 bits per heavy atom. The van der Waals surface area contributed by atoms with Crippen LogP contribution >= 0.6 is 0 Å². The minimum atomic E-state index is -1.85. The third-order valence-corrected chi connectivity index (χ3v) is 2.75. The summed E-state index contributed by atoms with van der Waals surface area (Å²) in [5.74, 6) is -7.70. The van der Waals surface area contributed by atoms with Crippen molar-refractivity contribution in [3.05, 3.63) is 70.3 Å². The molecule has 0 fully saturated rings. The van der Waals surface area contributed by atoms with Crippen molar-refractivity contribution in [2.24, 2.45) is 0 Å². The van der Waals surface area contributed by atoms with Crippen LogP contribution in [0, 0.1) is 30.2 Å². The summed E-state index contributed by atoms with van der Waals surface area (Å²) < 4.78 is 53.7. The molecule has 2 aromatic rings. The van der Waals surface area contributed by atoms with E-state index in [1.165, 1.54) is 24.3 Å². The van der Waals surface area contributed by atoms with Crippen molar-refractivity contribution in [3.8, 4) is 0 Å². The van der Waals surface area contributed by atoms with Gasteiger partial charge in [-0.05, 0) is 6.92 Å². The van der Waals surface area contributed by atoms with Crippen molar-refractivity contribution >= 4 is 5.78 Å². The van der Waals surface area contributed by atoms with Crippen LogP contribution in [0.15, 0.2) is 30.3 Å². The maximum atomic E-state index is 13.8. The average Bonchev–Trinajstić information content (AvgIpc) is 2.44. The highest BCUT2D eigenvalue weighted by Gasteiger charge is 2.27. The van der Waals surface area contributed by atoms with Gasteiger partial charge in [-0.2, -0.15) is 0 Å². The number of benzene rings is 2. The van der Waals surface area contributed by atoms with Gasteiger partial charge in [0.05, 0.1) is 5.56 Å². The molecule has 5 heteroatoms. The monoisotopic (exact) mass is 268 g/mol. The summed E-state index contributed by atoms with van der Waals surface area (Å²) in [7, 11) is 0. The molecule has 0 radical (unpaired) electrons. The minimum Gasteiger partial charge on any atom is -0.288 e. The zero-order chi connectivity index (χ0) is 14.2. The van der Waals surface area contributed by atoms with Gasteiger partial charge in [0.1, 0.15) is 5.82 Å². The molecule has 0 aromatic heterocycles. The van der Waals surface area contributed by atoms with Crippen LogP contribution in [0.25, 0.3) is 0 Å². The van der Waals surface area contributed by atoms with Crippen LogP contribution in [0.3, 0.4) is 0 Å². The van der Waals surface area contributed by atoms with E-state index in [1.54, 1.807) is 6.07 Å². The molecule has 1 nitrogen and oxygen atoms in total. The van der Waals surface area contributed by atoms with E-state index in [9.17, 15) is 22.4 Å². The Kier molecular flexibility index (Phi) is 3.38. The van der Waals surface area contributed by atoms with Crippen LogP contribution in [0.2, 0.25) is 0 Å². The average molecular weight is 268 g/mol. The van der Waals surface area contributed by atoms with Gasteiger partial charge in [0, 0.05) is 11.1 Å². The van der Waals surface area contributed by atoms with Gasteiger partial charge in [0.25, 0.3) is 0 Å². The van der Waals surface area contributed by atoms with Crippen LogP contribution in [0.4, 0.5) is 17.6 Å². The van der Waals surface area contributed by atoms with E-state index >= 15 is 0 Å². The number of ketones is 1. The van der Waals surface area contributed by atoms with Crippen molar-refractivity contribution < 1.29 is 22.4 Å². The van der Waals surface area contributed by atoms with Gasteiger partial charge in [0.2, 0.25) is 0 Å². The molecule has 2 aromatic carbocycles. The fourth-order valence-electron chi connectivity index (χ4n) is 1.68. The molecule has 98 valence electrons. The molecule has 0 N–H and O–H groups in total. The first-order valence-electron chi connectivity index (χ1n) is 5.37. The molecule has 0 amide bonds. The summed E-state index contributed by atoms with van der Waals surface area (Å²) >= 11 is 0. The predicted octanol–water partition coefficient (Wildman–Crippen LogP) is 3.78. The van der Waals surface area contributed by atoms with Crippen molar-refractivity contribution in [3.63, 3.8) is 0 Å². The molecule has 0 heterocycles. The lowest BCUT2D eigenvalue weighted by molar-refractivity contribution is 0.102. The minimum absolute atomic E-state index is 0.00860. The zero-order valence-electron chi connectivity index (χ0n) is 9.81. The first-order chi connectivity index (χ1) is 8.95. The lowest BCUT2D eigenvalue weighted by atomic mass is 9.99. The predicted molar refractivity (Wildman–Crippen MR) is 60.9 cm³/mol. The SMILES string of the molecule is Cc1c(F)c(F)c(F)c(C(=O)c2ccccc2)c1F. The van der Waals surface area contributed by atoms with E-state index in [0.29, 0.717) is 0 Å². The highest BCUT2D eigenvalue weighted by atomic mass is 19.2. The number of hydrogen-bond acceptors (Lipinski definition) is 1. The third-order valence-electron chi connectivity index (χ3n) is 2.75. The van der Waals surface area contributed by atoms with E-state index in [2.05, 4.69) is 0 Å². The Morgan fingerprint density at radius 3 is 2.00 bits per heavy atom. The zero-order valence-corrected chi connectivity index (χ0v) is 9.81. The highest BCUT2D eigenvalue weighted by molar-refractivity contribution is 6.09. The van der Waals surface area contributed by atoms with Crippen LogP contribution in [-0.2, 0) is 0 Å². The Morgan fingerprint density at radius 1 is 0.842 bits per heavy atom. The summed E-state index contributed by atoms with van der Waals surface area (Å²) in [5, 5.41) is 0. The Hall–Kier alpha value is -2.17. The van der Waals surface area contributed by atoms with Gasteiger partial charge in [0.15, 0.2) is 23.2 Å². The van der Waals surface area contributed by atoms with Gasteiger partial charge in [-0.3, -0.25) is 4.79 Å². The second kappa shape index (κ2) is 4.84. The number of carbonyl (C=O) groups excluding carboxylic acids is 1. The number of rotatable bonds is 2. The molecule has 0 spiro atoms. The van der Waals surface area contributed by atoms with Crippen LogP contribution in [0.1, 0.15) is 21.5 Å². The summed E-state index contributed by atoms with van der Waals surface area (Å²) in [6.07, 6.45) is 0. The van der Waals surface area contributed by atoms with Crippen LogP contribution in [0.5, 0.6) is 0 Å². The standard InChI is InChI=1S/C14H8F4O/c1-7-10(15)9(12(17)13(18)11(7)16)14(19)8-5-3-2-4-6-8/h2-6H,1H3. The summed E-state index contributed by atoms with van der Waals surface area (Å²) in [5.41, 5.74) is -1.81. The molecule has 0 saturated carbocycles. The largest absolute Gasteiger partial charge is 0.288 e. The van der Waals surface area contributed by atoms with E-state index < -0.39 is 40.2 Å². The third kappa shape index (κ3) is 2.12. The number of hydrogen-bond donors (Lipinski definition) is 0. The molecule has 0 bridgehead atoms. The Balaban J connectivity index is 2.67. The van der Waals surface area contributed by atoms with Crippen molar-refractivity contribution in [1.82, 2.24) is 0 Å². The smallest absolute Gasteiger partial charge is 0.199 e. The van der Waals surface area contributed by atoms with E-state index in [-0.39, 0.29) is 5.56 Å². The molecular weight excluding hydrogens is 260 g/mol. The van der Waals surface area contributed by atoms with Crippen LogP contribution in [-0.4, -0.2) is 5.78 Å². The highest BCUT2D eigenvalue weighted by Crippen LogP contribution is 2.25. The Bertz CT molecular complexity index is 621. The van der Waals surface area contributed by atoms with Crippen molar-refractivity contribution in [2.45, 2.75) is 6.92 Å². The summed E-state index contributed by atoms with van der Waals surface area (Å²) in [6.45, 7) is 0.939. The van der Waals surface area contributed by atoms with Gasteiger partial charge >= 0.3 is 0 Å². The second-order valence-corrected chi connectivity index (χ2v) is 3.95. The number of halogens is 4. The molecule has 2 rings (SSSR count). The van der Waals surface area contributed by atoms with E-state index in [0.717, 1.165) is 6.92 Å². The Labute approximate surface area is 106 Å². The molecule has 19 heavy (non-hydrogen) atoms.